The van der Waals surface area contributed by atoms with Crippen LogP contribution in [0.3, 0.4) is 0 Å². The summed E-state index contributed by atoms with van der Waals surface area (Å²) in [4.78, 5) is 0. The van der Waals surface area contributed by atoms with E-state index in [1.165, 1.54) is 5.56 Å². The van der Waals surface area contributed by atoms with Gasteiger partial charge in [-0.25, -0.2) is 0 Å². The Balaban J connectivity index is 2.67. The molecule has 16 heavy (non-hydrogen) atoms. The van der Waals surface area contributed by atoms with Crippen LogP contribution in [0.1, 0.15) is 44.4 Å². The highest BCUT2D eigenvalue weighted by atomic mass is 16.3. The zero-order valence-electron chi connectivity index (χ0n) is 10.5. The number of aryl methyl sites for hydroxylation is 1. The molecule has 0 saturated carbocycles. The molecule has 0 fully saturated rings. The predicted octanol–water partition coefficient (Wildman–Crippen LogP) is 2.66. The summed E-state index contributed by atoms with van der Waals surface area (Å²) in [5.74, 6) is 0.513. The first kappa shape index (κ1) is 13.2. The van der Waals surface area contributed by atoms with E-state index in [9.17, 15) is 5.11 Å². The summed E-state index contributed by atoms with van der Waals surface area (Å²) >= 11 is 0. The Hall–Kier alpha value is -0.860. The SMILES string of the molecule is CCc1ccc(C(O)C(N)CC(C)C)cc1. The Kier molecular flexibility index (Phi) is 4.97. The molecule has 0 aliphatic heterocycles. The number of rotatable bonds is 5. The Bertz CT molecular complexity index is 305. The van der Waals surface area contributed by atoms with Gasteiger partial charge in [0.1, 0.15) is 0 Å². The summed E-state index contributed by atoms with van der Waals surface area (Å²) in [6, 6.07) is 7.89. The summed E-state index contributed by atoms with van der Waals surface area (Å²) < 4.78 is 0. The summed E-state index contributed by atoms with van der Waals surface area (Å²) in [6.45, 7) is 6.36. The lowest BCUT2D eigenvalue weighted by molar-refractivity contribution is 0.136. The second-order valence-electron chi connectivity index (χ2n) is 4.83. The number of hydrogen-bond donors (Lipinski definition) is 2. The maximum Gasteiger partial charge on any atom is 0.0940 e. The highest BCUT2D eigenvalue weighted by molar-refractivity contribution is 5.24. The van der Waals surface area contributed by atoms with E-state index < -0.39 is 6.10 Å². The van der Waals surface area contributed by atoms with Gasteiger partial charge in [-0.15, -0.1) is 0 Å². The number of nitrogens with two attached hydrogens (primary N) is 1. The molecule has 0 aliphatic carbocycles. The van der Waals surface area contributed by atoms with Gasteiger partial charge >= 0.3 is 0 Å². The lowest BCUT2D eigenvalue weighted by atomic mass is 9.95. The molecule has 0 bridgehead atoms. The fraction of sp³-hybridized carbons (Fsp3) is 0.571. The topological polar surface area (TPSA) is 46.2 Å². The third-order valence-corrected chi connectivity index (χ3v) is 2.88. The first-order valence-electron chi connectivity index (χ1n) is 6.07. The lowest BCUT2D eigenvalue weighted by Crippen LogP contribution is -2.29. The van der Waals surface area contributed by atoms with Crippen molar-refractivity contribution >= 4 is 0 Å². The summed E-state index contributed by atoms with van der Waals surface area (Å²) in [5, 5.41) is 10.1. The van der Waals surface area contributed by atoms with E-state index in [1.807, 2.05) is 12.1 Å². The standard InChI is InChI=1S/C14H23NO/c1-4-11-5-7-12(8-6-11)14(16)13(15)9-10(2)3/h5-8,10,13-14,16H,4,9,15H2,1-3H3. The first-order valence-corrected chi connectivity index (χ1v) is 6.07. The molecule has 0 amide bonds. The average Bonchev–Trinajstić information content (AvgIpc) is 2.27. The van der Waals surface area contributed by atoms with Crippen LogP contribution in [-0.4, -0.2) is 11.1 Å². The molecule has 1 rings (SSSR count). The van der Waals surface area contributed by atoms with Crippen LogP contribution in [0.15, 0.2) is 24.3 Å². The van der Waals surface area contributed by atoms with Crippen molar-refractivity contribution in [2.75, 3.05) is 0 Å². The summed E-state index contributed by atoms with van der Waals surface area (Å²) in [7, 11) is 0. The number of hydrogen-bond acceptors (Lipinski definition) is 2. The van der Waals surface area contributed by atoms with Crippen LogP contribution in [-0.2, 0) is 6.42 Å². The fourth-order valence-corrected chi connectivity index (χ4v) is 1.87. The monoisotopic (exact) mass is 221 g/mol. The third kappa shape index (κ3) is 3.62. The normalized spacial score (nSPS) is 15.1. The molecule has 0 spiro atoms. The molecule has 1 aromatic rings. The molecule has 2 heteroatoms. The molecule has 1 aromatic carbocycles. The smallest absolute Gasteiger partial charge is 0.0940 e. The molecule has 3 N–H and O–H groups in total. The van der Waals surface area contributed by atoms with E-state index in [4.69, 9.17) is 5.73 Å². The minimum absolute atomic E-state index is 0.174. The van der Waals surface area contributed by atoms with Crippen molar-refractivity contribution in [1.29, 1.82) is 0 Å². The summed E-state index contributed by atoms with van der Waals surface area (Å²) in [6.07, 6.45) is 1.32. The minimum atomic E-state index is -0.548. The van der Waals surface area contributed by atoms with Gasteiger partial charge in [-0.1, -0.05) is 45.0 Å². The van der Waals surface area contributed by atoms with Crippen molar-refractivity contribution in [3.63, 3.8) is 0 Å². The maximum atomic E-state index is 10.1. The van der Waals surface area contributed by atoms with Crippen LogP contribution >= 0.6 is 0 Å². The maximum absolute atomic E-state index is 10.1. The van der Waals surface area contributed by atoms with Crippen molar-refractivity contribution in [3.05, 3.63) is 35.4 Å². The molecule has 0 aliphatic rings. The van der Waals surface area contributed by atoms with E-state index in [2.05, 4.69) is 32.9 Å². The van der Waals surface area contributed by atoms with Crippen LogP contribution in [0.25, 0.3) is 0 Å². The van der Waals surface area contributed by atoms with E-state index in [-0.39, 0.29) is 6.04 Å². The van der Waals surface area contributed by atoms with Gasteiger partial charge in [0.15, 0.2) is 0 Å². The number of aliphatic hydroxyl groups excluding tert-OH is 1. The van der Waals surface area contributed by atoms with Crippen LogP contribution in [0.5, 0.6) is 0 Å². The largest absolute Gasteiger partial charge is 0.387 e. The second-order valence-corrected chi connectivity index (χ2v) is 4.83. The first-order chi connectivity index (χ1) is 7.54. The fourth-order valence-electron chi connectivity index (χ4n) is 1.87. The van der Waals surface area contributed by atoms with Crippen molar-refractivity contribution in [1.82, 2.24) is 0 Å². The van der Waals surface area contributed by atoms with Gasteiger partial charge in [-0.3, -0.25) is 0 Å². The van der Waals surface area contributed by atoms with E-state index in [1.54, 1.807) is 0 Å². The van der Waals surface area contributed by atoms with Crippen molar-refractivity contribution in [2.24, 2.45) is 11.7 Å². The molecule has 0 radical (unpaired) electrons. The van der Waals surface area contributed by atoms with E-state index >= 15 is 0 Å². The Morgan fingerprint density at radius 2 is 1.75 bits per heavy atom. The molecule has 0 heterocycles. The quantitative estimate of drug-likeness (QED) is 0.803. The zero-order valence-corrected chi connectivity index (χ0v) is 10.5. The molecule has 2 unspecified atom stereocenters. The highest BCUT2D eigenvalue weighted by Crippen LogP contribution is 2.20. The van der Waals surface area contributed by atoms with Gasteiger partial charge in [0, 0.05) is 6.04 Å². The zero-order chi connectivity index (χ0) is 12.1. The van der Waals surface area contributed by atoms with Gasteiger partial charge in [0.25, 0.3) is 0 Å². The summed E-state index contributed by atoms with van der Waals surface area (Å²) in [5.41, 5.74) is 8.18. The average molecular weight is 221 g/mol. The van der Waals surface area contributed by atoms with Gasteiger partial charge in [0.05, 0.1) is 6.10 Å². The number of aliphatic hydroxyl groups is 1. The van der Waals surface area contributed by atoms with Crippen LogP contribution in [0.4, 0.5) is 0 Å². The molecule has 2 atom stereocenters. The molecular weight excluding hydrogens is 198 g/mol. The number of benzene rings is 1. The molecule has 0 saturated heterocycles. The highest BCUT2D eigenvalue weighted by Gasteiger charge is 2.17. The minimum Gasteiger partial charge on any atom is -0.387 e. The van der Waals surface area contributed by atoms with Crippen LogP contribution in [0, 0.1) is 5.92 Å². The Labute approximate surface area is 98.5 Å². The van der Waals surface area contributed by atoms with E-state index in [0.717, 1.165) is 18.4 Å². The van der Waals surface area contributed by atoms with Crippen molar-refractivity contribution in [2.45, 2.75) is 45.8 Å². The van der Waals surface area contributed by atoms with Gasteiger partial charge < -0.3 is 10.8 Å². The molecule has 90 valence electrons. The predicted molar refractivity (Wildman–Crippen MR) is 68.2 cm³/mol. The molecular formula is C14H23NO. The van der Waals surface area contributed by atoms with Crippen molar-refractivity contribution < 1.29 is 5.11 Å². The second kappa shape index (κ2) is 6.02. The van der Waals surface area contributed by atoms with Gasteiger partial charge in [-0.05, 0) is 29.9 Å². The van der Waals surface area contributed by atoms with Gasteiger partial charge in [0.2, 0.25) is 0 Å². The Morgan fingerprint density at radius 1 is 1.19 bits per heavy atom. The van der Waals surface area contributed by atoms with Crippen molar-refractivity contribution in [3.8, 4) is 0 Å². The van der Waals surface area contributed by atoms with E-state index in [0.29, 0.717) is 5.92 Å². The lowest BCUT2D eigenvalue weighted by Gasteiger charge is -2.21. The van der Waals surface area contributed by atoms with Crippen LogP contribution in [0.2, 0.25) is 0 Å². The van der Waals surface area contributed by atoms with Gasteiger partial charge in [-0.2, -0.15) is 0 Å². The molecule has 2 nitrogen and oxygen atoms in total. The third-order valence-electron chi connectivity index (χ3n) is 2.88. The Morgan fingerprint density at radius 3 is 2.19 bits per heavy atom. The molecule has 0 aromatic heterocycles. The van der Waals surface area contributed by atoms with Crippen LogP contribution < -0.4 is 5.73 Å².